The van der Waals surface area contributed by atoms with Gasteiger partial charge in [-0.2, -0.15) is 0 Å². The predicted molar refractivity (Wildman–Crippen MR) is 113 cm³/mol. The minimum absolute atomic E-state index is 0.0455. The van der Waals surface area contributed by atoms with Gasteiger partial charge in [-0.3, -0.25) is 14.6 Å². The van der Waals surface area contributed by atoms with E-state index in [0.29, 0.717) is 18.0 Å². The molecule has 4 rings (SSSR count). The zero-order valence-electron chi connectivity index (χ0n) is 16.5. The molecule has 1 atom stereocenters. The lowest BCUT2D eigenvalue weighted by Gasteiger charge is -2.27. The molecule has 1 aromatic heterocycles. The van der Waals surface area contributed by atoms with Crippen LogP contribution in [0.4, 0.5) is 0 Å². The summed E-state index contributed by atoms with van der Waals surface area (Å²) in [5.74, 6) is 0.764. The first-order chi connectivity index (χ1) is 13.7. The number of para-hydroxylation sites is 1. The third kappa shape index (κ3) is 4.49. The number of H-pyrrole nitrogens is 1. The SMILES string of the molecule is CN(Cc1ccccc1)C1CCCN(Cc2nc3ccccc3c(=O)[nH]2)CC1. The number of benzene rings is 2. The number of rotatable bonds is 5. The maximum absolute atomic E-state index is 12.3. The molecule has 0 amide bonds. The Morgan fingerprint density at radius 1 is 1.07 bits per heavy atom. The molecule has 1 unspecified atom stereocenters. The van der Waals surface area contributed by atoms with Gasteiger partial charge in [0.15, 0.2) is 0 Å². The normalized spacial score (nSPS) is 18.4. The van der Waals surface area contributed by atoms with E-state index in [4.69, 9.17) is 0 Å². The maximum atomic E-state index is 12.3. The van der Waals surface area contributed by atoms with Crippen molar-refractivity contribution >= 4 is 10.9 Å². The van der Waals surface area contributed by atoms with Gasteiger partial charge in [0.05, 0.1) is 17.4 Å². The summed E-state index contributed by atoms with van der Waals surface area (Å²) in [6.45, 7) is 3.77. The first-order valence-electron chi connectivity index (χ1n) is 10.1. The molecule has 1 N–H and O–H groups in total. The first-order valence-corrected chi connectivity index (χ1v) is 10.1. The minimum atomic E-state index is -0.0455. The van der Waals surface area contributed by atoms with Crippen molar-refractivity contribution in [2.24, 2.45) is 0 Å². The highest BCUT2D eigenvalue weighted by Gasteiger charge is 2.21. The second kappa shape index (κ2) is 8.67. The number of aromatic amines is 1. The van der Waals surface area contributed by atoms with Crippen LogP contribution in [0.1, 0.15) is 30.7 Å². The molecule has 0 saturated carbocycles. The van der Waals surface area contributed by atoms with Gasteiger partial charge in [0.25, 0.3) is 5.56 Å². The molecule has 0 spiro atoms. The highest BCUT2D eigenvalue weighted by Crippen LogP contribution is 2.19. The molecule has 2 aromatic carbocycles. The van der Waals surface area contributed by atoms with E-state index in [2.05, 4.69) is 57.1 Å². The molecule has 3 aromatic rings. The Morgan fingerprint density at radius 2 is 1.86 bits per heavy atom. The summed E-state index contributed by atoms with van der Waals surface area (Å²) >= 11 is 0. The average molecular weight is 377 g/mol. The van der Waals surface area contributed by atoms with Crippen LogP contribution < -0.4 is 5.56 Å². The number of hydrogen-bond acceptors (Lipinski definition) is 4. The van der Waals surface area contributed by atoms with Crippen LogP contribution >= 0.6 is 0 Å². The predicted octanol–water partition coefficient (Wildman–Crippen LogP) is 3.41. The van der Waals surface area contributed by atoms with Crippen LogP contribution in [-0.4, -0.2) is 45.9 Å². The molecule has 28 heavy (non-hydrogen) atoms. The number of fused-ring (bicyclic) bond motifs is 1. The van der Waals surface area contributed by atoms with Crippen molar-refractivity contribution in [2.75, 3.05) is 20.1 Å². The standard InChI is InChI=1S/C23H28N4O/c1-26(16-18-8-3-2-4-9-18)19-10-7-14-27(15-13-19)17-22-24-21-12-6-5-11-20(21)23(28)25-22/h2-6,8-9,11-12,19H,7,10,13-17H2,1H3,(H,24,25,28). The molecule has 0 bridgehead atoms. The third-order valence-corrected chi connectivity index (χ3v) is 5.72. The first kappa shape index (κ1) is 18.8. The fourth-order valence-electron chi connectivity index (χ4n) is 4.16. The Morgan fingerprint density at radius 3 is 2.71 bits per heavy atom. The Balaban J connectivity index is 1.38. The molecule has 1 saturated heterocycles. The second-order valence-electron chi connectivity index (χ2n) is 7.79. The molecular formula is C23H28N4O. The summed E-state index contributed by atoms with van der Waals surface area (Å²) in [7, 11) is 2.23. The lowest BCUT2D eigenvalue weighted by Crippen LogP contribution is -2.32. The molecule has 2 heterocycles. The summed E-state index contributed by atoms with van der Waals surface area (Å²) in [5.41, 5.74) is 2.09. The van der Waals surface area contributed by atoms with Crippen molar-refractivity contribution in [2.45, 2.75) is 38.4 Å². The smallest absolute Gasteiger partial charge is 0.258 e. The van der Waals surface area contributed by atoms with Crippen molar-refractivity contribution in [3.8, 4) is 0 Å². The molecule has 146 valence electrons. The lowest BCUT2D eigenvalue weighted by molar-refractivity contribution is 0.205. The van der Waals surface area contributed by atoms with Gasteiger partial charge in [0.2, 0.25) is 0 Å². The van der Waals surface area contributed by atoms with Crippen LogP contribution in [0.5, 0.6) is 0 Å². The number of nitrogens with one attached hydrogen (secondary N) is 1. The highest BCUT2D eigenvalue weighted by molar-refractivity contribution is 5.77. The summed E-state index contributed by atoms with van der Waals surface area (Å²) in [5, 5.41) is 0.657. The number of likely N-dealkylation sites (tertiary alicyclic amines) is 1. The van der Waals surface area contributed by atoms with Gasteiger partial charge in [-0.05, 0) is 50.6 Å². The number of nitrogens with zero attached hydrogens (tertiary/aromatic N) is 3. The van der Waals surface area contributed by atoms with Gasteiger partial charge >= 0.3 is 0 Å². The second-order valence-corrected chi connectivity index (χ2v) is 7.79. The van der Waals surface area contributed by atoms with Crippen LogP contribution in [0.25, 0.3) is 10.9 Å². The van der Waals surface area contributed by atoms with E-state index in [9.17, 15) is 4.79 Å². The van der Waals surface area contributed by atoms with Crippen molar-refractivity contribution in [1.29, 1.82) is 0 Å². The number of hydrogen-bond donors (Lipinski definition) is 1. The topological polar surface area (TPSA) is 52.2 Å². The monoisotopic (exact) mass is 376 g/mol. The van der Waals surface area contributed by atoms with Crippen molar-refractivity contribution in [1.82, 2.24) is 19.8 Å². The lowest BCUT2D eigenvalue weighted by atomic mass is 10.1. The zero-order chi connectivity index (χ0) is 19.3. The van der Waals surface area contributed by atoms with Gasteiger partial charge in [-0.25, -0.2) is 4.98 Å². The van der Waals surface area contributed by atoms with Crippen LogP contribution in [0.15, 0.2) is 59.4 Å². The molecule has 0 aliphatic carbocycles. The van der Waals surface area contributed by atoms with E-state index < -0.39 is 0 Å². The van der Waals surface area contributed by atoms with Gasteiger partial charge < -0.3 is 4.98 Å². The maximum Gasteiger partial charge on any atom is 0.258 e. The Kier molecular flexibility index (Phi) is 5.84. The number of aromatic nitrogens is 2. The summed E-state index contributed by atoms with van der Waals surface area (Å²) in [6.07, 6.45) is 3.52. The van der Waals surface area contributed by atoms with Gasteiger partial charge in [-0.15, -0.1) is 0 Å². The molecular weight excluding hydrogens is 348 g/mol. The van der Waals surface area contributed by atoms with Crippen molar-refractivity contribution in [3.63, 3.8) is 0 Å². The largest absolute Gasteiger partial charge is 0.309 e. The Labute approximate surface area is 166 Å². The Hall–Kier alpha value is -2.50. The summed E-state index contributed by atoms with van der Waals surface area (Å²) in [4.78, 5) is 24.8. The van der Waals surface area contributed by atoms with E-state index in [1.807, 2.05) is 24.3 Å². The van der Waals surface area contributed by atoms with Crippen molar-refractivity contribution < 1.29 is 0 Å². The molecule has 1 fully saturated rings. The zero-order valence-corrected chi connectivity index (χ0v) is 16.5. The van der Waals surface area contributed by atoms with Crippen LogP contribution in [0, 0.1) is 0 Å². The minimum Gasteiger partial charge on any atom is -0.309 e. The third-order valence-electron chi connectivity index (χ3n) is 5.72. The quantitative estimate of drug-likeness (QED) is 0.741. The fourth-order valence-corrected chi connectivity index (χ4v) is 4.16. The molecule has 1 aliphatic rings. The molecule has 1 aliphatic heterocycles. The fraction of sp³-hybridized carbons (Fsp3) is 0.391. The van der Waals surface area contributed by atoms with Gasteiger partial charge in [0.1, 0.15) is 5.82 Å². The van der Waals surface area contributed by atoms with Gasteiger partial charge in [-0.1, -0.05) is 42.5 Å². The Bertz CT molecular complexity index is 969. The van der Waals surface area contributed by atoms with Crippen LogP contribution in [0.3, 0.4) is 0 Å². The van der Waals surface area contributed by atoms with E-state index >= 15 is 0 Å². The van der Waals surface area contributed by atoms with Crippen LogP contribution in [0.2, 0.25) is 0 Å². The van der Waals surface area contributed by atoms with E-state index in [-0.39, 0.29) is 5.56 Å². The van der Waals surface area contributed by atoms with Crippen molar-refractivity contribution in [3.05, 3.63) is 76.3 Å². The average Bonchev–Trinajstić information content (AvgIpc) is 2.94. The summed E-state index contributed by atoms with van der Waals surface area (Å²) < 4.78 is 0. The van der Waals surface area contributed by atoms with E-state index in [1.54, 1.807) is 0 Å². The summed E-state index contributed by atoms with van der Waals surface area (Å²) in [6, 6.07) is 18.8. The van der Waals surface area contributed by atoms with E-state index in [0.717, 1.165) is 37.4 Å². The van der Waals surface area contributed by atoms with Crippen LogP contribution in [-0.2, 0) is 13.1 Å². The molecule has 5 heteroatoms. The highest BCUT2D eigenvalue weighted by atomic mass is 16.1. The molecule has 5 nitrogen and oxygen atoms in total. The van der Waals surface area contributed by atoms with Gasteiger partial charge in [0, 0.05) is 19.1 Å². The molecule has 0 radical (unpaired) electrons. The van der Waals surface area contributed by atoms with E-state index in [1.165, 1.54) is 18.4 Å².